The topological polar surface area (TPSA) is 37.3 Å². The molecule has 0 saturated heterocycles. The number of hydrogen-bond acceptors (Lipinski definition) is 1. The van der Waals surface area contributed by atoms with Crippen molar-refractivity contribution in [1.29, 1.82) is 0 Å². The third kappa shape index (κ3) is 2.28. The highest BCUT2D eigenvalue weighted by Gasteiger charge is 2.27. The zero-order valence-corrected chi connectivity index (χ0v) is 8.22. The Morgan fingerprint density at radius 2 is 1.92 bits per heavy atom. The lowest BCUT2D eigenvalue weighted by atomic mass is 10.2. The van der Waals surface area contributed by atoms with Crippen LogP contribution in [0.1, 0.15) is 16.2 Å². The van der Waals surface area contributed by atoms with Crippen molar-refractivity contribution in [1.82, 2.24) is 0 Å². The SMILES string of the molecule is Cc1ccc(C(Cl)[P+](=O)O)cc1. The summed E-state index contributed by atoms with van der Waals surface area (Å²) in [5, 5.41) is -0.791. The van der Waals surface area contributed by atoms with Gasteiger partial charge in [-0.3, -0.25) is 0 Å². The molecule has 0 heterocycles. The molecule has 12 heavy (non-hydrogen) atoms. The molecule has 1 aromatic rings. The van der Waals surface area contributed by atoms with Crippen molar-refractivity contribution in [2.24, 2.45) is 0 Å². The van der Waals surface area contributed by atoms with Crippen LogP contribution in [-0.4, -0.2) is 4.89 Å². The second kappa shape index (κ2) is 3.99. The molecular formula is C8H9ClO2P+. The predicted molar refractivity (Wildman–Crippen MR) is 49.6 cm³/mol. The first kappa shape index (κ1) is 9.66. The van der Waals surface area contributed by atoms with Gasteiger partial charge in [0, 0.05) is 5.56 Å². The van der Waals surface area contributed by atoms with Gasteiger partial charge in [-0.15, -0.1) is 0 Å². The molecule has 1 rings (SSSR count). The van der Waals surface area contributed by atoms with E-state index in [-0.39, 0.29) is 0 Å². The van der Waals surface area contributed by atoms with E-state index in [4.69, 9.17) is 16.5 Å². The minimum atomic E-state index is -2.33. The number of aryl methyl sites for hydroxylation is 1. The molecule has 0 radical (unpaired) electrons. The van der Waals surface area contributed by atoms with Crippen LogP contribution in [0.15, 0.2) is 24.3 Å². The van der Waals surface area contributed by atoms with E-state index in [1.807, 2.05) is 19.1 Å². The standard InChI is InChI=1S/C8H8ClO2P/c1-6-2-4-7(5-3-6)8(9)12(10)11/h2-5,8H,1H3/p+1. The number of halogens is 1. The quantitative estimate of drug-likeness (QED) is 0.593. The van der Waals surface area contributed by atoms with E-state index in [1.54, 1.807) is 12.1 Å². The average molecular weight is 204 g/mol. The van der Waals surface area contributed by atoms with Crippen LogP contribution in [0.5, 0.6) is 0 Å². The van der Waals surface area contributed by atoms with Crippen molar-refractivity contribution >= 4 is 19.6 Å². The molecule has 0 bridgehead atoms. The van der Waals surface area contributed by atoms with Crippen molar-refractivity contribution in [3.8, 4) is 0 Å². The maximum absolute atomic E-state index is 10.6. The van der Waals surface area contributed by atoms with Crippen LogP contribution < -0.4 is 0 Å². The summed E-state index contributed by atoms with van der Waals surface area (Å²) in [6.07, 6.45) is 0. The second-order valence-corrected chi connectivity index (χ2v) is 4.41. The molecule has 1 N–H and O–H groups in total. The van der Waals surface area contributed by atoms with E-state index in [1.165, 1.54) is 0 Å². The predicted octanol–water partition coefficient (Wildman–Crippen LogP) is 2.97. The Bertz CT molecular complexity index is 284. The van der Waals surface area contributed by atoms with Crippen LogP contribution in [0.4, 0.5) is 0 Å². The van der Waals surface area contributed by atoms with Gasteiger partial charge in [-0.1, -0.05) is 41.4 Å². The summed E-state index contributed by atoms with van der Waals surface area (Å²) >= 11 is 5.66. The smallest absolute Gasteiger partial charge is 0.159 e. The Balaban J connectivity index is 2.89. The lowest BCUT2D eigenvalue weighted by Crippen LogP contribution is -1.84. The highest BCUT2D eigenvalue weighted by atomic mass is 35.5. The molecule has 2 nitrogen and oxygen atoms in total. The van der Waals surface area contributed by atoms with Gasteiger partial charge in [0.1, 0.15) is 0 Å². The Labute approximate surface area is 77.1 Å². The summed E-state index contributed by atoms with van der Waals surface area (Å²) in [6, 6.07) is 7.25. The minimum Gasteiger partial charge on any atom is -0.159 e. The van der Waals surface area contributed by atoms with E-state index in [2.05, 4.69) is 0 Å². The molecule has 0 spiro atoms. The van der Waals surface area contributed by atoms with Crippen LogP contribution in [0.2, 0.25) is 0 Å². The summed E-state index contributed by atoms with van der Waals surface area (Å²) < 4.78 is 10.6. The normalized spacial score (nSPS) is 14.1. The molecule has 0 aliphatic rings. The van der Waals surface area contributed by atoms with Crippen LogP contribution in [0.3, 0.4) is 0 Å². The highest BCUT2D eigenvalue weighted by molar-refractivity contribution is 7.40. The number of hydrogen-bond donors (Lipinski definition) is 1. The molecule has 0 saturated carbocycles. The van der Waals surface area contributed by atoms with E-state index < -0.39 is 13.1 Å². The van der Waals surface area contributed by atoms with E-state index in [0.717, 1.165) is 5.56 Å². The van der Waals surface area contributed by atoms with Gasteiger partial charge in [0.05, 0.1) is 0 Å². The number of rotatable bonds is 2. The molecule has 64 valence electrons. The van der Waals surface area contributed by atoms with Crippen LogP contribution in [0, 0.1) is 6.92 Å². The summed E-state index contributed by atoms with van der Waals surface area (Å²) in [6.45, 7) is 1.95. The Hall–Kier alpha value is -0.430. The fraction of sp³-hybridized carbons (Fsp3) is 0.250. The van der Waals surface area contributed by atoms with Crippen molar-refractivity contribution in [2.75, 3.05) is 0 Å². The van der Waals surface area contributed by atoms with Gasteiger partial charge < -0.3 is 0 Å². The van der Waals surface area contributed by atoms with Gasteiger partial charge in [0.2, 0.25) is 0 Å². The first-order valence-corrected chi connectivity index (χ1v) is 5.19. The summed E-state index contributed by atoms with van der Waals surface area (Å²) in [4.78, 5) is 8.72. The zero-order chi connectivity index (χ0) is 9.14. The minimum absolute atomic E-state index is 0.686. The highest BCUT2D eigenvalue weighted by Crippen LogP contribution is 2.40. The Kier molecular flexibility index (Phi) is 3.21. The largest absolute Gasteiger partial charge is 0.530 e. The lowest BCUT2D eigenvalue weighted by Gasteiger charge is -1.96. The third-order valence-corrected chi connectivity index (χ3v) is 2.99. The first-order chi connectivity index (χ1) is 5.61. The third-order valence-electron chi connectivity index (χ3n) is 1.55. The Morgan fingerprint density at radius 3 is 2.33 bits per heavy atom. The van der Waals surface area contributed by atoms with Crippen molar-refractivity contribution in [3.05, 3.63) is 35.4 Å². The monoisotopic (exact) mass is 203 g/mol. The molecule has 0 amide bonds. The van der Waals surface area contributed by atoms with Gasteiger partial charge in [-0.25, -0.2) is 0 Å². The fourth-order valence-electron chi connectivity index (χ4n) is 0.853. The van der Waals surface area contributed by atoms with Crippen molar-refractivity contribution in [2.45, 2.75) is 12.0 Å². The molecule has 0 aliphatic carbocycles. The molecule has 0 aliphatic heterocycles. The average Bonchev–Trinajstić information content (AvgIpc) is 2.04. The van der Waals surface area contributed by atoms with E-state index >= 15 is 0 Å². The van der Waals surface area contributed by atoms with Gasteiger partial charge in [-0.05, 0) is 11.5 Å². The van der Waals surface area contributed by atoms with E-state index in [9.17, 15) is 4.57 Å². The summed E-state index contributed by atoms with van der Waals surface area (Å²) in [7, 11) is -2.33. The number of alkyl halides is 1. The second-order valence-electron chi connectivity index (χ2n) is 2.55. The summed E-state index contributed by atoms with van der Waals surface area (Å²) in [5.74, 6) is 0. The molecule has 0 aromatic heterocycles. The fourth-order valence-corrected chi connectivity index (χ4v) is 1.43. The van der Waals surface area contributed by atoms with Crippen LogP contribution in [-0.2, 0) is 4.57 Å². The molecular weight excluding hydrogens is 195 g/mol. The van der Waals surface area contributed by atoms with Gasteiger partial charge in [0.15, 0.2) is 0 Å². The number of benzene rings is 1. The van der Waals surface area contributed by atoms with Gasteiger partial charge >= 0.3 is 8.03 Å². The molecule has 4 heteroatoms. The molecule has 2 unspecified atom stereocenters. The van der Waals surface area contributed by atoms with Crippen molar-refractivity contribution in [3.63, 3.8) is 0 Å². The molecule has 2 atom stereocenters. The van der Waals surface area contributed by atoms with Gasteiger partial charge in [0.25, 0.3) is 5.12 Å². The molecule has 0 fully saturated rings. The zero-order valence-electron chi connectivity index (χ0n) is 6.57. The Morgan fingerprint density at radius 1 is 1.42 bits per heavy atom. The van der Waals surface area contributed by atoms with Gasteiger partial charge in [-0.2, -0.15) is 4.89 Å². The lowest BCUT2D eigenvalue weighted by molar-refractivity contribution is 0.500. The van der Waals surface area contributed by atoms with Crippen LogP contribution in [0.25, 0.3) is 0 Å². The maximum atomic E-state index is 10.6. The maximum Gasteiger partial charge on any atom is 0.530 e. The molecule has 1 aromatic carbocycles. The van der Waals surface area contributed by atoms with Crippen LogP contribution >= 0.6 is 19.6 Å². The summed E-state index contributed by atoms with van der Waals surface area (Å²) in [5.41, 5.74) is 1.79. The van der Waals surface area contributed by atoms with E-state index in [0.29, 0.717) is 5.56 Å². The van der Waals surface area contributed by atoms with Crippen molar-refractivity contribution < 1.29 is 9.46 Å². The first-order valence-electron chi connectivity index (χ1n) is 3.47.